The molecule has 2 heterocycles. The van der Waals surface area contributed by atoms with Crippen LogP contribution < -0.4 is 0 Å². The van der Waals surface area contributed by atoms with Crippen LogP contribution >= 0.6 is 0 Å². The molecule has 0 aliphatic rings. The molecule has 0 saturated carbocycles. The van der Waals surface area contributed by atoms with Gasteiger partial charge in [0.15, 0.2) is 0 Å². The molecule has 0 aromatic carbocycles. The highest BCUT2D eigenvalue weighted by Crippen LogP contribution is 2.09. The lowest BCUT2D eigenvalue weighted by Gasteiger charge is -2.25. The molecular weight excluding hydrogens is 282 g/mol. The molecular formula is C17H25NO4. The molecule has 2 aromatic rings. The summed E-state index contributed by atoms with van der Waals surface area (Å²) in [5.74, 6) is 2.19. The summed E-state index contributed by atoms with van der Waals surface area (Å²) in [7, 11) is 0. The molecule has 0 aliphatic carbocycles. The molecule has 0 radical (unpaired) electrons. The first-order valence-electron chi connectivity index (χ1n) is 7.66. The van der Waals surface area contributed by atoms with E-state index in [4.69, 9.17) is 13.6 Å². The molecule has 2 aromatic heterocycles. The summed E-state index contributed by atoms with van der Waals surface area (Å²) in [6, 6.07) is 7.51. The van der Waals surface area contributed by atoms with Crippen molar-refractivity contribution in [1.82, 2.24) is 4.90 Å². The van der Waals surface area contributed by atoms with E-state index in [0.29, 0.717) is 25.6 Å². The SMILES string of the molecule is CC(C)CN(Cc1ccco1)CC(O)COCc1ccco1. The number of hydrogen-bond donors (Lipinski definition) is 1. The van der Waals surface area contributed by atoms with Crippen molar-refractivity contribution in [2.45, 2.75) is 33.1 Å². The maximum absolute atomic E-state index is 10.2. The van der Waals surface area contributed by atoms with Gasteiger partial charge >= 0.3 is 0 Å². The number of nitrogens with zero attached hydrogens (tertiary/aromatic N) is 1. The van der Waals surface area contributed by atoms with Crippen LogP contribution in [0.2, 0.25) is 0 Å². The van der Waals surface area contributed by atoms with Crippen molar-refractivity contribution >= 4 is 0 Å². The predicted molar refractivity (Wildman–Crippen MR) is 83.2 cm³/mol. The van der Waals surface area contributed by atoms with Crippen molar-refractivity contribution in [3.8, 4) is 0 Å². The van der Waals surface area contributed by atoms with E-state index in [1.807, 2.05) is 24.3 Å². The van der Waals surface area contributed by atoms with E-state index in [9.17, 15) is 5.11 Å². The molecule has 0 spiro atoms. The summed E-state index contributed by atoms with van der Waals surface area (Å²) >= 11 is 0. The van der Waals surface area contributed by atoms with E-state index in [0.717, 1.165) is 18.1 Å². The Labute approximate surface area is 131 Å². The lowest BCUT2D eigenvalue weighted by Crippen LogP contribution is -2.36. The van der Waals surface area contributed by atoms with Gasteiger partial charge in [0.25, 0.3) is 0 Å². The van der Waals surface area contributed by atoms with Crippen molar-refractivity contribution in [2.24, 2.45) is 5.92 Å². The number of aliphatic hydroxyl groups excluding tert-OH is 1. The Kier molecular flexibility index (Phi) is 6.71. The van der Waals surface area contributed by atoms with Crippen molar-refractivity contribution in [1.29, 1.82) is 0 Å². The van der Waals surface area contributed by atoms with Gasteiger partial charge in [-0.1, -0.05) is 13.8 Å². The van der Waals surface area contributed by atoms with Gasteiger partial charge in [-0.25, -0.2) is 0 Å². The molecule has 5 nitrogen and oxygen atoms in total. The van der Waals surface area contributed by atoms with E-state index in [1.54, 1.807) is 12.5 Å². The van der Waals surface area contributed by atoms with Gasteiger partial charge in [-0.15, -0.1) is 0 Å². The van der Waals surface area contributed by atoms with Crippen molar-refractivity contribution in [3.05, 3.63) is 48.3 Å². The van der Waals surface area contributed by atoms with Crippen LogP contribution in [0.5, 0.6) is 0 Å². The first kappa shape index (κ1) is 16.8. The van der Waals surface area contributed by atoms with Crippen molar-refractivity contribution < 1.29 is 18.7 Å². The fourth-order valence-electron chi connectivity index (χ4n) is 2.38. The van der Waals surface area contributed by atoms with Gasteiger partial charge in [0.1, 0.15) is 18.1 Å². The van der Waals surface area contributed by atoms with E-state index in [-0.39, 0.29) is 6.61 Å². The lowest BCUT2D eigenvalue weighted by molar-refractivity contribution is 0.00133. The molecule has 0 bridgehead atoms. The Morgan fingerprint density at radius 3 is 2.36 bits per heavy atom. The zero-order valence-corrected chi connectivity index (χ0v) is 13.3. The van der Waals surface area contributed by atoms with Crippen LogP contribution in [0.15, 0.2) is 45.6 Å². The van der Waals surface area contributed by atoms with Crippen LogP contribution in [0.4, 0.5) is 0 Å². The smallest absolute Gasteiger partial charge is 0.129 e. The van der Waals surface area contributed by atoms with Crippen LogP contribution in [0, 0.1) is 5.92 Å². The minimum Gasteiger partial charge on any atom is -0.468 e. The van der Waals surface area contributed by atoms with E-state index in [2.05, 4.69) is 18.7 Å². The molecule has 1 unspecified atom stereocenters. The number of hydrogen-bond acceptors (Lipinski definition) is 5. The average molecular weight is 307 g/mol. The van der Waals surface area contributed by atoms with Gasteiger partial charge in [0.05, 0.1) is 31.8 Å². The van der Waals surface area contributed by atoms with Gasteiger partial charge in [-0.2, -0.15) is 0 Å². The topological polar surface area (TPSA) is 59.0 Å². The minimum atomic E-state index is -0.538. The molecule has 1 N–H and O–H groups in total. The Morgan fingerprint density at radius 2 is 1.77 bits per heavy atom. The quantitative estimate of drug-likeness (QED) is 0.731. The number of rotatable bonds is 10. The van der Waals surface area contributed by atoms with Crippen molar-refractivity contribution in [2.75, 3.05) is 19.7 Å². The Hall–Kier alpha value is -1.56. The third kappa shape index (κ3) is 6.05. The summed E-state index contributed by atoms with van der Waals surface area (Å²) in [6.45, 7) is 7.14. The zero-order chi connectivity index (χ0) is 15.8. The highest BCUT2D eigenvalue weighted by molar-refractivity contribution is 4.98. The minimum absolute atomic E-state index is 0.285. The average Bonchev–Trinajstić information content (AvgIpc) is 3.11. The van der Waals surface area contributed by atoms with Gasteiger partial charge < -0.3 is 18.7 Å². The van der Waals surface area contributed by atoms with Gasteiger partial charge in [-0.05, 0) is 30.2 Å². The van der Waals surface area contributed by atoms with Gasteiger partial charge in [-0.3, -0.25) is 4.90 Å². The second kappa shape index (κ2) is 8.78. The normalized spacial score (nSPS) is 13.1. The Bertz CT molecular complexity index is 493. The maximum atomic E-state index is 10.2. The number of aliphatic hydroxyl groups is 1. The number of furan rings is 2. The van der Waals surface area contributed by atoms with Crippen molar-refractivity contribution in [3.63, 3.8) is 0 Å². The van der Waals surface area contributed by atoms with E-state index in [1.165, 1.54) is 0 Å². The molecule has 0 aliphatic heterocycles. The second-order valence-corrected chi connectivity index (χ2v) is 5.92. The van der Waals surface area contributed by atoms with Gasteiger partial charge in [0.2, 0.25) is 0 Å². The van der Waals surface area contributed by atoms with Gasteiger partial charge in [0, 0.05) is 13.1 Å². The summed E-state index contributed by atoms with van der Waals surface area (Å²) in [5.41, 5.74) is 0. The number of ether oxygens (including phenoxy) is 1. The standard InChI is InChI=1S/C17H25NO4/c1-14(2)9-18(11-16-5-3-7-21-16)10-15(19)12-20-13-17-6-4-8-22-17/h3-8,14-15,19H,9-13H2,1-2H3. The fraction of sp³-hybridized carbons (Fsp3) is 0.529. The maximum Gasteiger partial charge on any atom is 0.129 e. The first-order valence-corrected chi connectivity index (χ1v) is 7.66. The third-order valence-electron chi connectivity index (χ3n) is 3.19. The van der Waals surface area contributed by atoms with Crippen LogP contribution in [-0.4, -0.2) is 35.8 Å². The summed E-state index contributed by atoms with van der Waals surface area (Å²) in [6.07, 6.45) is 2.75. The third-order valence-corrected chi connectivity index (χ3v) is 3.19. The molecule has 0 fully saturated rings. The molecule has 5 heteroatoms. The van der Waals surface area contributed by atoms with Crippen LogP contribution in [0.1, 0.15) is 25.4 Å². The summed E-state index contributed by atoms with van der Waals surface area (Å²) in [5, 5.41) is 10.2. The molecule has 1 atom stereocenters. The van der Waals surface area contributed by atoms with E-state index >= 15 is 0 Å². The molecule has 2 rings (SSSR count). The summed E-state index contributed by atoms with van der Waals surface area (Å²) in [4.78, 5) is 2.18. The largest absolute Gasteiger partial charge is 0.468 e. The van der Waals surface area contributed by atoms with E-state index < -0.39 is 6.10 Å². The highest BCUT2D eigenvalue weighted by Gasteiger charge is 2.15. The van der Waals surface area contributed by atoms with Crippen LogP contribution in [0.25, 0.3) is 0 Å². The molecule has 0 saturated heterocycles. The Morgan fingerprint density at radius 1 is 1.09 bits per heavy atom. The summed E-state index contributed by atoms with van der Waals surface area (Å²) < 4.78 is 16.1. The first-order chi connectivity index (χ1) is 10.6. The monoisotopic (exact) mass is 307 g/mol. The predicted octanol–water partition coefficient (Wildman–Crippen LogP) is 2.91. The van der Waals surface area contributed by atoms with Crippen LogP contribution in [0.3, 0.4) is 0 Å². The lowest BCUT2D eigenvalue weighted by atomic mass is 10.2. The Balaban J connectivity index is 1.75. The second-order valence-electron chi connectivity index (χ2n) is 5.92. The molecule has 0 amide bonds. The van der Waals surface area contributed by atoms with Crippen LogP contribution in [-0.2, 0) is 17.9 Å². The zero-order valence-electron chi connectivity index (χ0n) is 13.3. The fourth-order valence-corrected chi connectivity index (χ4v) is 2.38. The molecule has 122 valence electrons. The highest BCUT2D eigenvalue weighted by atomic mass is 16.5. The molecule has 22 heavy (non-hydrogen) atoms.